The summed E-state index contributed by atoms with van der Waals surface area (Å²) < 4.78 is 5.91. The first kappa shape index (κ1) is 23.9. The molecule has 0 bridgehead atoms. The van der Waals surface area contributed by atoms with Crippen LogP contribution in [0.25, 0.3) is 0 Å². The summed E-state index contributed by atoms with van der Waals surface area (Å²) in [5.41, 5.74) is 0.906. The number of carbonyl (C=O) groups is 1. The maximum Gasteiger partial charge on any atom is 0.196 e. The Balaban J connectivity index is 1.90. The number of nitrogens with zero attached hydrogens (tertiary/aromatic N) is 1. The lowest BCUT2D eigenvalue weighted by atomic mass is 10.0. The summed E-state index contributed by atoms with van der Waals surface area (Å²) in [7, 11) is 0. The van der Waals surface area contributed by atoms with Crippen LogP contribution in [0.15, 0.2) is 42.6 Å². The zero-order chi connectivity index (χ0) is 21.8. The lowest BCUT2D eigenvalue weighted by Crippen LogP contribution is -2.23. The van der Waals surface area contributed by atoms with Gasteiger partial charge in [-0.25, -0.2) is 4.98 Å². The smallest absolute Gasteiger partial charge is 0.196 e. The molecule has 0 unspecified atom stereocenters. The summed E-state index contributed by atoms with van der Waals surface area (Å²) in [6.45, 7) is 9.07. The van der Waals surface area contributed by atoms with Crippen molar-refractivity contribution in [1.82, 2.24) is 4.98 Å². The molecule has 1 aromatic carbocycles. The van der Waals surface area contributed by atoms with Gasteiger partial charge in [0.1, 0.15) is 17.2 Å². The van der Waals surface area contributed by atoms with Crippen LogP contribution in [0, 0.1) is 0 Å². The molecule has 0 atom stereocenters. The predicted octanol–water partition coefficient (Wildman–Crippen LogP) is 7.04. The maximum absolute atomic E-state index is 13.1. The van der Waals surface area contributed by atoms with Crippen molar-refractivity contribution in [3.8, 4) is 5.75 Å². The minimum atomic E-state index is -0.307. The molecule has 2 aromatic rings. The first-order valence-corrected chi connectivity index (χ1v) is 11.4. The van der Waals surface area contributed by atoms with Crippen molar-refractivity contribution in [2.45, 2.75) is 84.7 Å². The highest BCUT2D eigenvalue weighted by Gasteiger charge is 2.17. The van der Waals surface area contributed by atoms with E-state index >= 15 is 0 Å². The van der Waals surface area contributed by atoms with E-state index in [1.165, 1.54) is 44.9 Å². The average Bonchev–Trinajstić information content (AvgIpc) is 2.71. The van der Waals surface area contributed by atoms with Gasteiger partial charge in [0.05, 0.1) is 5.56 Å². The number of ether oxygens (including phenoxy) is 1. The van der Waals surface area contributed by atoms with E-state index in [0.717, 1.165) is 13.0 Å². The lowest BCUT2D eigenvalue weighted by molar-refractivity contribution is 0.103. The molecular formula is C26H38N2O2. The lowest BCUT2D eigenvalue weighted by Gasteiger charge is -2.21. The Labute approximate surface area is 182 Å². The highest BCUT2D eigenvalue weighted by atomic mass is 16.5. The molecule has 0 radical (unpaired) electrons. The largest absolute Gasteiger partial charge is 0.488 e. The third kappa shape index (κ3) is 8.56. The predicted molar refractivity (Wildman–Crippen MR) is 126 cm³/mol. The molecule has 2 rings (SSSR count). The Bertz CT molecular complexity index is 781. The minimum absolute atomic E-state index is 0.0408. The van der Waals surface area contributed by atoms with Crippen LogP contribution in [0.3, 0.4) is 0 Å². The minimum Gasteiger partial charge on any atom is -0.488 e. The zero-order valence-corrected chi connectivity index (χ0v) is 19.2. The van der Waals surface area contributed by atoms with Crippen molar-refractivity contribution in [3.05, 3.63) is 53.7 Å². The number of aromatic nitrogens is 1. The number of hydrogen-bond acceptors (Lipinski definition) is 4. The van der Waals surface area contributed by atoms with Gasteiger partial charge in [0.15, 0.2) is 5.78 Å². The number of unbranched alkanes of at least 4 members (excludes halogenated alkanes) is 7. The van der Waals surface area contributed by atoms with Crippen molar-refractivity contribution in [1.29, 1.82) is 0 Å². The molecular weight excluding hydrogens is 372 g/mol. The molecule has 0 amide bonds. The third-order valence-corrected chi connectivity index (χ3v) is 4.90. The van der Waals surface area contributed by atoms with Crippen molar-refractivity contribution in [2.75, 3.05) is 11.9 Å². The Kier molecular flexibility index (Phi) is 9.85. The number of hydrogen-bond donors (Lipinski definition) is 1. The normalized spacial score (nSPS) is 11.3. The number of anilines is 1. The van der Waals surface area contributed by atoms with Crippen molar-refractivity contribution < 1.29 is 9.53 Å². The monoisotopic (exact) mass is 410 g/mol. The van der Waals surface area contributed by atoms with Crippen LogP contribution in [0.4, 0.5) is 5.82 Å². The molecule has 0 spiro atoms. The van der Waals surface area contributed by atoms with Crippen molar-refractivity contribution in [3.63, 3.8) is 0 Å². The Morgan fingerprint density at radius 3 is 2.37 bits per heavy atom. The van der Waals surface area contributed by atoms with E-state index in [4.69, 9.17) is 4.74 Å². The fourth-order valence-electron chi connectivity index (χ4n) is 3.40. The van der Waals surface area contributed by atoms with Crippen LogP contribution >= 0.6 is 0 Å². The molecule has 0 saturated heterocycles. The molecule has 1 aromatic heterocycles. The van der Waals surface area contributed by atoms with Gasteiger partial charge in [0, 0.05) is 18.3 Å². The van der Waals surface area contributed by atoms with Gasteiger partial charge in [0.25, 0.3) is 0 Å². The topological polar surface area (TPSA) is 51.2 Å². The molecule has 0 saturated carbocycles. The van der Waals surface area contributed by atoms with Gasteiger partial charge in [-0.15, -0.1) is 0 Å². The fourth-order valence-corrected chi connectivity index (χ4v) is 3.40. The standard InChI is InChI=1S/C26H38N2O2/c1-5-6-7-8-9-10-11-12-18-27-25-23(17-14-19-28-25)24(29)21-15-13-16-22(20-21)30-26(2,3)4/h13-17,19-20H,5-12,18H2,1-4H3,(H,27,28). The van der Waals surface area contributed by atoms with Gasteiger partial charge in [-0.1, -0.05) is 64.0 Å². The molecule has 0 aliphatic heterocycles. The second-order valence-corrected chi connectivity index (χ2v) is 8.87. The number of ketones is 1. The molecule has 4 heteroatoms. The van der Waals surface area contributed by atoms with Crippen molar-refractivity contribution in [2.24, 2.45) is 0 Å². The van der Waals surface area contributed by atoms with Crippen molar-refractivity contribution >= 4 is 11.6 Å². The number of pyridine rings is 1. The fraction of sp³-hybridized carbons (Fsp3) is 0.538. The van der Waals surface area contributed by atoms with Gasteiger partial charge in [0.2, 0.25) is 0 Å². The van der Waals surface area contributed by atoms with Crippen LogP contribution < -0.4 is 10.1 Å². The van der Waals surface area contributed by atoms with E-state index < -0.39 is 0 Å². The summed E-state index contributed by atoms with van der Waals surface area (Å²) in [5.74, 6) is 1.32. The van der Waals surface area contributed by atoms with Gasteiger partial charge >= 0.3 is 0 Å². The van der Waals surface area contributed by atoms with E-state index in [1.807, 2.05) is 57.2 Å². The number of nitrogens with one attached hydrogen (secondary N) is 1. The second kappa shape index (κ2) is 12.4. The third-order valence-electron chi connectivity index (χ3n) is 4.90. The van der Waals surface area contributed by atoms with E-state index in [2.05, 4.69) is 17.2 Å². The first-order valence-electron chi connectivity index (χ1n) is 11.4. The molecule has 164 valence electrons. The molecule has 1 heterocycles. The number of carbonyl (C=O) groups excluding carboxylic acids is 1. The summed E-state index contributed by atoms with van der Waals surface area (Å²) in [6.07, 6.45) is 12.0. The maximum atomic E-state index is 13.1. The van der Waals surface area contributed by atoms with Crippen LogP contribution in [0.1, 0.15) is 95.0 Å². The summed E-state index contributed by atoms with van der Waals surface area (Å²) in [5, 5.41) is 3.36. The molecule has 0 fully saturated rings. The van der Waals surface area contributed by atoms with Crippen LogP contribution in [-0.4, -0.2) is 22.9 Å². The second-order valence-electron chi connectivity index (χ2n) is 8.87. The highest BCUT2D eigenvalue weighted by Crippen LogP contribution is 2.23. The van der Waals surface area contributed by atoms with Gasteiger partial charge in [-0.05, 0) is 51.5 Å². The molecule has 0 aliphatic rings. The number of rotatable bonds is 13. The first-order chi connectivity index (χ1) is 14.4. The Morgan fingerprint density at radius 1 is 0.967 bits per heavy atom. The number of benzene rings is 1. The van der Waals surface area contributed by atoms with E-state index in [-0.39, 0.29) is 11.4 Å². The summed E-state index contributed by atoms with van der Waals surface area (Å²) in [4.78, 5) is 17.5. The average molecular weight is 411 g/mol. The molecule has 30 heavy (non-hydrogen) atoms. The van der Waals surface area contributed by atoms with Crippen LogP contribution in [0.5, 0.6) is 5.75 Å². The van der Waals surface area contributed by atoms with E-state index in [1.54, 1.807) is 6.20 Å². The molecule has 0 aliphatic carbocycles. The van der Waals surface area contributed by atoms with E-state index in [0.29, 0.717) is 22.7 Å². The Hall–Kier alpha value is -2.36. The summed E-state index contributed by atoms with van der Waals surface area (Å²) in [6, 6.07) is 11.0. The molecule has 4 nitrogen and oxygen atoms in total. The Morgan fingerprint density at radius 2 is 1.67 bits per heavy atom. The quantitative estimate of drug-likeness (QED) is 0.284. The molecule has 1 N–H and O–H groups in total. The van der Waals surface area contributed by atoms with Gasteiger partial charge < -0.3 is 10.1 Å². The summed E-state index contributed by atoms with van der Waals surface area (Å²) >= 11 is 0. The van der Waals surface area contributed by atoms with Gasteiger partial charge in [-0.3, -0.25) is 4.79 Å². The van der Waals surface area contributed by atoms with Gasteiger partial charge in [-0.2, -0.15) is 0 Å². The highest BCUT2D eigenvalue weighted by molar-refractivity contribution is 6.12. The zero-order valence-electron chi connectivity index (χ0n) is 19.2. The van der Waals surface area contributed by atoms with Crippen LogP contribution in [-0.2, 0) is 0 Å². The van der Waals surface area contributed by atoms with Crippen LogP contribution in [0.2, 0.25) is 0 Å². The van der Waals surface area contributed by atoms with E-state index in [9.17, 15) is 4.79 Å². The SMILES string of the molecule is CCCCCCCCCCNc1ncccc1C(=O)c1cccc(OC(C)(C)C)c1.